The summed E-state index contributed by atoms with van der Waals surface area (Å²) in [5.41, 5.74) is -0.0607. The average molecular weight is 228 g/mol. The van der Waals surface area contributed by atoms with Crippen LogP contribution in [0.2, 0.25) is 5.02 Å². The van der Waals surface area contributed by atoms with Gasteiger partial charge in [0.2, 0.25) is 0 Å². The fraction of sp³-hybridized carbons (Fsp3) is 0.400. The van der Waals surface area contributed by atoms with Gasteiger partial charge in [-0.3, -0.25) is 10.1 Å². The summed E-state index contributed by atoms with van der Waals surface area (Å²) in [6, 6.07) is 4.47. The highest BCUT2D eigenvalue weighted by Crippen LogP contribution is 2.33. The summed E-state index contributed by atoms with van der Waals surface area (Å²) in [5, 5.41) is 11.1. The Morgan fingerprint density at radius 1 is 1.47 bits per heavy atom. The molecule has 0 heterocycles. The van der Waals surface area contributed by atoms with E-state index in [9.17, 15) is 10.1 Å². The summed E-state index contributed by atoms with van der Waals surface area (Å²) < 4.78 is 5.50. The summed E-state index contributed by atoms with van der Waals surface area (Å²) in [5.74, 6) is 0.314. The maximum Gasteiger partial charge on any atom is 0.312 e. The molecule has 1 aromatic rings. The molecular weight excluding hydrogens is 218 g/mol. The maximum atomic E-state index is 10.7. The number of benzene rings is 1. The molecule has 15 heavy (non-hydrogen) atoms. The van der Waals surface area contributed by atoms with Gasteiger partial charge in [-0.2, -0.15) is 0 Å². The fourth-order valence-corrected chi connectivity index (χ4v) is 1.57. The van der Waals surface area contributed by atoms with Crippen LogP contribution in [0.15, 0.2) is 18.2 Å². The van der Waals surface area contributed by atoms with E-state index in [1.165, 1.54) is 6.07 Å². The van der Waals surface area contributed by atoms with Crippen molar-refractivity contribution in [1.29, 1.82) is 0 Å². The highest BCUT2D eigenvalue weighted by Gasteiger charge is 2.23. The van der Waals surface area contributed by atoms with E-state index in [-0.39, 0.29) is 11.8 Å². The largest absolute Gasteiger partial charge is 0.484 e. The van der Waals surface area contributed by atoms with Gasteiger partial charge in [-0.15, -0.1) is 0 Å². The Bertz CT molecular complexity index is 390. The van der Waals surface area contributed by atoms with Crippen LogP contribution in [0, 0.1) is 10.1 Å². The second-order valence-corrected chi connectivity index (χ2v) is 3.98. The van der Waals surface area contributed by atoms with E-state index in [4.69, 9.17) is 16.3 Å². The van der Waals surface area contributed by atoms with Crippen LogP contribution in [0.3, 0.4) is 0 Å². The van der Waals surface area contributed by atoms with Crippen LogP contribution in [-0.4, -0.2) is 11.0 Å². The lowest BCUT2D eigenvalue weighted by atomic mass is 9.96. The molecule has 0 bridgehead atoms. The maximum absolute atomic E-state index is 10.7. The molecule has 0 saturated heterocycles. The van der Waals surface area contributed by atoms with Gasteiger partial charge in [0, 0.05) is 11.1 Å². The van der Waals surface area contributed by atoms with Crippen molar-refractivity contribution in [2.45, 2.75) is 25.4 Å². The zero-order valence-corrected chi connectivity index (χ0v) is 8.74. The highest BCUT2D eigenvalue weighted by molar-refractivity contribution is 6.30. The Morgan fingerprint density at radius 2 is 2.20 bits per heavy atom. The number of nitro benzene ring substituents is 1. The molecule has 4 nitrogen and oxygen atoms in total. The number of rotatable bonds is 3. The minimum Gasteiger partial charge on any atom is -0.484 e. The SMILES string of the molecule is O=[N+]([O-])c1cc(Cl)ccc1OC1CCC1. The van der Waals surface area contributed by atoms with Crippen molar-refractivity contribution in [3.8, 4) is 5.75 Å². The topological polar surface area (TPSA) is 52.4 Å². The lowest BCUT2D eigenvalue weighted by molar-refractivity contribution is -0.386. The van der Waals surface area contributed by atoms with Crippen molar-refractivity contribution < 1.29 is 9.66 Å². The van der Waals surface area contributed by atoms with E-state index in [0.29, 0.717) is 10.8 Å². The van der Waals surface area contributed by atoms with Gasteiger partial charge in [0.15, 0.2) is 5.75 Å². The second-order valence-electron chi connectivity index (χ2n) is 3.54. The van der Waals surface area contributed by atoms with Gasteiger partial charge in [-0.1, -0.05) is 11.6 Å². The van der Waals surface area contributed by atoms with Gasteiger partial charge in [0.1, 0.15) is 0 Å². The Morgan fingerprint density at radius 3 is 2.73 bits per heavy atom. The molecule has 1 fully saturated rings. The van der Waals surface area contributed by atoms with Crippen LogP contribution in [0.25, 0.3) is 0 Å². The van der Waals surface area contributed by atoms with Crippen LogP contribution in [0.1, 0.15) is 19.3 Å². The van der Waals surface area contributed by atoms with E-state index in [2.05, 4.69) is 0 Å². The third-order valence-electron chi connectivity index (χ3n) is 2.46. The van der Waals surface area contributed by atoms with Crippen LogP contribution >= 0.6 is 11.6 Å². The minimum atomic E-state index is -0.472. The summed E-state index contributed by atoms with van der Waals surface area (Å²) >= 11 is 5.69. The number of hydrogen-bond donors (Lipinski definition) is 0. The normalized spacial score (nSPS) is 15.8. The quantitative estimate of drug-likeness (QED) is 0.589. The van der Waals surface area contributed by atoms with Gasteiger partial charge in [-0.05, 0) is 31.4 Å². The second kappa shape index (κ2) is 4.06. The molecule has 0 amide bonds. The first kappa shape index (κ1) is 10.2. The molecule has 0 spiro atoms. The van der Waals surface area contributed by atoms with Gasteiger partial charge in [-0.25, -0.2) is 0 Å². The Balaban J connectivity index is 2.23. The van der Waals surface area contributed by atoms with Crippen molar-refractivity contribution in [2.24, 2.45) is 0 Å². The molecule has 1 aliphatic rings. The molecule has 80 valence electrons. The first-order valence-corrected chi connectivity index (χ1v) is 5.15. The zero-order chi connectivity index (χ0) is 10.8. The summed E-state index contributed by atoms with van der Waals surface area (Å²) in [6.07, 6.45) is 3.20. The molecule has 0 aliphatic heterocycles. The summed E-state index contributed by atoms with van der Waals surface area (Å²) in [7, 11) is 0. The molecule has 1 aliphatic carbocycles. The van der Waals surface area contributed by atoms with E-state index >= 15 is 0 Å². The molecule has 0 aromatic heterocycles. The van der Waals surface area contributed by atoms with Crippen LogP contribution < -0.4 is 4.74 Å². The molecule has 1 saturated carbocycles. The van der Waals surface area contributed by atoms with Gasteiger partial charge in [0.25, 0.3) is 0 Å². The smallest absolute Gasteiger partial charge is 0.312 e. The van der Waals surface area contributed by atoms with E-state index in [1.54, 1.807) is 12.1 Å². The molecule has 1 aromatic carbocycles. The molecule has 2 rings (SSSR count). The number of nitro groups is 1. The monoisotopic (exact) mass is 227 g/mol. The summed E-state index contributed by atoms with van der Waals surface area (Å²) in [4.78, 5) is 10.3. The number of ether oxygens (including phenoxy) is 1. The molecule has 0 radical (unpaired) electrons. The van der Waals surface area contributed by atoms with Crippen molar-refractivity contribution in [1.82, 2.24) is 0 Å². The van der Waals surface area contributed by atoms with Crippen LogP contribution in [-0.2, 0) is 0 Å². The lowest BCUT2D eigenvalue weighted by Crippen LogP contribution is -2.24. The highest BCUT2D eigenvalue weighted by atomic mass is 35.5. The van der Waals surface area contributed by atoms with Crippen molar-refractivity contribution >= 4 is 17.3 Å². The minimum absolute atomic E-state index is 0.0607. The van der Waals surface area contributed by atoms with Crippen molar-refractivity contribution in [3.05, 3.63) is 33.3 Å². The Kier molecular flexibility index (Phi) is 2.77. The lowest BCUT2D eigenvalue weighted by Gasteiger charge is -2.26. The molecular formula is C10H10ClNO3. The molecule has 0 unspecified atom stereocenters. The number of halogens is 1. The standard InChI is InChI=1S/C10H10ClNO3/c11-7-4-5-10(9(6-7)12(13)14)15-8-2-1-3-8/h4-6,8H,1-3H2. The first-order chi connectivity index (χ1) is 7.16. The number of nitrogens with zero attached hydrogens (tertiary/aromatic N) is 1. The zero-order valence-electron chi connectivity index (χ0n) is 7.98. The predicted octanol–water partition coefficient (Wildman–Crippen LogP) is 3.18. The molecule has 0 atom stereocenters. The average Bonchev–Trinajstić information content (AvgIpc) is 2.12. The van der Waals surface area contributed by atoms with E-state index in [1.807, 2.05) is 0 Å². The van der Waals surface area contributed by atoms with Crippen molar-refractivity contribution in [3.63, 3.8) is 0 Å². The Labute approximate surface area is 92.0 Å². The van der Waals surface area contributed by atoms with Gasteiger partial charge >= 0.3 is 5.69 Å². The van der Waals surface area contributed by atoms with E-state index < -0.39 is 4.92 Å². The first-order valence-electron chi connectivity index (χ1n) is 4.77. The van der Waals surface area contributed by atoms with Crippen LogP contribution in [0.5, 0.6) is 5.75 Å². The molecule has 5 heteroatoms. The van der Waals surface area contributed by atoms with Gasteiger partial charge in [0.05, 0.1) is 11.0 Å². The van der Waals surface area contributed by atoms with Crippen molar-refractivity contribution in [2.75, 3.05) is 0 Å². The predicted molar refractivity (Wildman–Crippen MR) is 56.4 cm³/mol. The number of hydrogen-bond acceptors (Lipinski definition) is 3. The third kappa shape index (κ3) is 2.21. The summed E-state index contributed by atoms with van der Waals surface area (Å²) in [6.45, 7) is 0. The van der Waals surface area contributed by atoms with Crippen LogP contribution in [0.4, 0.5) is 5.69 Å². The molecule has 0 N–H and O–H groups in total. The Hall–Kier alpha value is -1.29. The van der Waals surface area contributed by atoms with E-state index in [0.717, 1.165) is 19.3 Å². The fourth-order valence-electron chi connectivity index (χ4n) is 1.40. The van der Waals surface area contributed by atoms with Gasteiger partial charge < -0.3 is 4.74 Å². The third-order valence-corrected chi connectivity index (χ3v) is 2.70.